The van der Waals surface area contributed by atoms with Crippen LogP contribution in [0.2, 0.25) is 0 Å². The molecule has 0 unspecified atom stereocenters. The molecule has 1 heterocycles. The summed E-state index contributed by atoms with van der Waals surface area (Å²) in [5, 5.41) is 0. The van der Waals surface area contributed by atoms with Crippen LogP contribution in [0, 0.1) is 0 Å². The van der Waals surface area contributed by atoms with Crippen LogP contribution < -0.4 is 4.90 Å². The third kappa shape index (κ3) is 1.46. The van der Waals surface area contributed by atoms with Gasteiger partial charge < -0.3 is 4.90 Å². The van der Waals surface area contributed by atoms with Crippen LogP contribution in [0.25, 0.3) is 5.57 Å². The summed E-state index contributed by atoms with van der Waals surface area (Å²) in [6.07, 6.45) is 4.26. The van der Waals surface area contributed by atoms with Gasteiger partial charge in [-0.15, -0.1) is 0 Å². The molecule has 1 heteroatoms. The van der Waals surface area contributed by atoms with E-state index in [4.69, 9.17) is 0 Å². The molecule has 1 aromatic carbocycles. The van der Waals surface area contributed by atoms with Crippen molar-refractivity contribution in [1.29, 1.82) is 0 Å². The van der Waals surface area contributed by atoms with Gasteiger partial charge >= 0.3 is 0 Å². The van der Waals surface area contributed by atoms with Gasteiger partial charge in [-0.05, 0) is 18.6 Å². The van der Waals surface area contributed by atoms with Crippen LogP contribution in [-0.2, 0) is 0 Å². The second kappa shape index (κ2) is 3.70. The molecule has 1 aliphatic rings. The van der Waals surface area contributed by atoms with E-state index >= 15 is 0 Å². The first-order chi connectivity index (χ1) is 6.83. The zero-order chi connectivity index (χ0) is 9.97. The van der Waals surface area contributed by atoms with E-state index in [1.165, 1.54) is 16.8 Å². The van der Waals surface area contributed by atoms with Crippen molar-refractivity contribution in [2.45, 2.75) is 6.92 Å². The lowest BCUT2D eigenvalue weighted by Gasteiger charge is -2.16. The fourth-order valence-corrected chi connectivity index (χ4v) is 1.84. The first-order valence-electron chi connectivity index (χ1n) is 4.96. The summed E-state index contributed by atoms with van der Waals surface area (Å²) in [5.41, 5.74) is 3.85. The lowest BCUT2D eigenvalue weighted by molar-refractivity contribution is 0.995. The third-order valence-electron chi connectivity index (χ3n) is 2.57. The Labute approximate surface area is 85.4 Å². The zero-order valence-electron chi connectivity index (χ0n) is 8.53. The van der Waals surface area contributed by atoms with Crippen molar-refractivity contribution in [2.75, 3.05) is 18.0 Å². The molecular formula is C13H15N. The molecular weight excluding hydrogens is 170 g/mol. The highest BCUT2D eigenvalue weighted by Gasteiger charge is 2.19. The lowest BCUT2D eigenvalue weighted by Crippen LogP contribution is -2.19. The maximum atomic E-state index is 4.09. The molecule has 1 aliphatic heterocycles. The van der Waals surface area contributed by atoms with Crippen molar-refractivity contribution in [1.82, 2.24) is 0 Å². The van der Waals surface area contributed by atoms with Gasteiger partial charge in [0.2, 0.25) is 0 Å². The Bertz CT molecular complexity index is 377. The van der Waals surface area contributed by atoms with Crippen molar-refractivity contribution in [3.63, 3.8) is 0 Å². The topological polar surface area (TPSA) is 3.24 Å². The monoisotopic (exact) mass is 185 g/mol. The molecule has 2 rings (SSSR count). The predicted molar refractivity (Wildman–Crippen MR) is 62.5 cm³/mol. The maximum Gasteiger partial charge on any atom is 0.0448 e. The van der Waals surface area contributed by atoms with Gasteiger partial charge in [0.1, 0.15) is 0 Å². The van der Waals surface area contributed by atoms with Crippen LogP contribution in [0.15, 0.2) is 43.0 Å². The number of benzene rings is 1. The maximum absolute atomic E-state index is 4.09. The van der Waals surface area contributed by atoms with Crippen LogP contribution in [0.4, 0.5) is 5.69 Å². The molecule has 0 radical (unpaired) electrons. The zero-order valence-corrected chi connectivity index (χ0v) is 8.53. The number of anilines is 1. The summed E-state index contributed by atoms with van der Waals surface area (Å²) in [5.74, 6) is 0. The van der Waals surface area contributed by atoms with Crippen molar-refractivity contribution in [3.05, 3.63) is 48.6 Å². The van der Waals surface area contributed by atoms with E-state index in [1.54, 1.807) is 0 Å². The van der Waals surface area contributed by atoms with Crippen molar-refractivity contribution in [2.24, 2.45) is 0 Å². The van der Waals surface area contributed by atoms with Gasteiger partial charge in [0.25, 0.3) is 0 Å². The Morgan fingerprint density at radius 1 is 1.43 bits per heavy atom. The Kier molecular flexibility index (Phi) is 2.40. The summed E-state index contributed by atoms with van der Waals surface area (Å²) in [4.78, 5) is 2.34. The smallest absolute Gasteiger partial charge is 0.0448 e. The van der Waals surface area contributed by atoms with E-state index < -0.39 is 0 Å². The molecule has 0 fully saturated rings. The third-order valence-corrected chi connectivity index (χ3v) is 2.57. The van der Waals surface area contributed by atoms with E-state index in [9.17, 15) is 0 Å². The summed E-state index contributed by atoms with van der Waals surface area (Å²) in [6, 6.07) is 8.47. The molecule has 0 amide bonds. The first-order valence-corrected chi connectivity index (χ1v) is 4.96. The van der Waals surface area contributed by atoms with Crippen LogP contribution in [0.1, 0.15) is 12.5 Å². The van der Waals surface area contributed by atoms with Gasteiger partial charge in [0, 0.05) is 24.3 Å². The number of nitrogens with zero attached hydrogens (tertiary/aromatic N) is 1. The van der Waals surface area contributed by atoms with Gasteiger partial charge in [-0.1, -0.05) is 36.9 Å². The van der Waals surface area contributed by atoms with Crippen molar-refractivity contribution in [3.8, 4) is 0 Å². The van der Waals surface area contributed by atoms with Crippen LogP contribution in [0.3, 0.4) is 0 Å². The number of hydrogen-bond donors (Lipinski definition) is 0. The Balaban J connectivity index is 2.29. The van der Waals surface area contributed by atoms with Gasteiger partial charge in [-0.25, -0.2) is 0 Å². The quantitative estimate of drug-likeness (QED) is 0.640. The molecule has 0 bridgehead atoms. The SMILES string of the molecule is C=C1CN(C/C=C/C)c2ccccc21. The number of para-hydroxylation sites is 1. The van der Waals surface area contributed by atoms with Gasteiger partial charge in [0.05, 0.1) is 0 Å². The molecule has 0 saturated carbocycles. The summed E-state index contributed by atoms with van der Waals surface area (Å²) >= 11 is 0. The lowest BCUT2D eigenvalue weighted by atomic mass is 10.1. The highest BCUT2D eigenvalue weighted by molar-refractivity contribution is 5.84. The van der Waals surface area contributed by atoms with Crippen molar-refractivity contribution >= 4 is 11.3 Å². The minimum Gasteiger partial charge on any atom is -0.363 e. The summed E-state index contributed by atoms with van der Waals surface area (Å²) < 4.78 is 0. The molecule has 0 atom stereocenters. The van der Waals surface area contributed by atoms with Crippen LogP contribution in [0.5, 0.6) is 0 Å². The number of rotatable bonds is 2. The number of allylic oxidation sites excluding steroid dienone is 1. The second-order valence-electron chi connectivity index (χ2n) is 3.57. The Morgan fingerprint density at radius 3 is 3.00 bits per heavy atom. The Hall–Kier alpha value is -1.50. The Morgan fingerprint density at radius 2 is 2.21 bits per heavy atom. The largest absolute Gasteiger partial charge is 0.363 e. The summed E-state index contributed by atoms with van der Waals surface area (Å²) in [7, 11) is 0. The number of fused-ring (bicyclic) bond motifs is 1. The molecule has 0 aliphatic carbocycles. The second-order valence-corrected chi connectivity index (χ2v) is 3.57. The predicted octanol–water partition coefficient (Wildman–Crippen LogP) is 3.10. The highest BCUT2D eigenvalue weighted by Crippen LogP contribution is 2.33. The summed E-state index contributed by atoms with van der Waals surface area (Å²) in [6.45, 7) is 8.08. The van der Waals surface area contributed by atoms with E-state index in [1.807, 2.05) is 0 Å². The minimum absolute atomic E-state index is 0.962. The normalized spacial score (nSPS) is 15.2. The first kappa shape index (κ1) is 9.07. The molecule has 1 nitrogen and oxygen atoms in total. The van der Waals surface area contributed by atoms with E-state index in [-0.39, 0.29) is 0 Å². The fraction of sp³-hybridized carbons (Fsp3) is 0.231. The average Bonchev–Trinajstić information content (AvgIpc) is 2.54. The molecule has 1 aromatic rings. The number of hydrogen-bond acceptors (Lipinski definition) is 1. The standard InChI is InChI=1S/C13H15N/c1-3-4-9-14-10-11(2)12-7-5-6-8-13(12)14/h3-8H,2,9-10H2,1H3/b4-3+. The van der Waals surface area contributed by atoms with Gasteiger partial charge in [-0.2, -0.15) is 0 Å². The highest BCUT2D eigenvalue weighted by atomic mass is 15.1. The minimum atomic E-state index is 0.962. The van der Waals surface area contributed by atoms with Crippen LogP contribution >= 0.6 is 0 Å². The van der Waals surface area contributed by atoms with E-state index in [0.29, 0.717) is 0 Å². The van der Waals surface area contributed by atoms with Crippen molar-refractivity contribution < 1.29 is 0 Å². The van der Waals surface area contributed by atoms with Gasteiger partial charge in [-0.3, -0.25) is 0 Å². The van der Waals surface area contributed by atoms with E-state index in [0.717, 1.165) is 13.1 Å². The molecule has 0 N–H and O–H groups in total. The van der Waals surface area contributed by atoms with E-state index in [2.05, 4.69) is 54.8 Å². The molecule has 72 valence electrons. The van der Waals surface area contributed by atoms with Crippen LogP contribution in [-0.4, -0.2) is 13.1 Å². The average molecular weight is 185 g/mol. The van der Waals surface area contributed by atoms with Gasteiger partial charge in [0.15, 0.2) is 0 Å². The molecule has 0 saturated heterocycles. The molecule has 0 aromatic heterocycles. The fourth-order valence-electron chi connectivity index (χ4n) is 1.84. The molecule has 0 spiro atoms. The molecule has 14 heavy (non-hydrogen) atoms.